The molecule has 1 amide bonds. The summed E-state index contributed by atoms with van der Waals surface area (Å²) < 4.78 is 7.46. The SMILES string of the molecule is C=CC(=O)N1CCOC[C@@H]1c1cccn1C. The first-order valence-electron chi connectivity index (χ1n) is 5.36. The van der Waals surface area contributed by atoms with Gasteiger partial charge in [0.1, 0.15) is 0 Å². The van der Waals surface area contributed by atoms with E-state index in [9.17, 15) is 4.79 Å². The molecule has 4 nitrogen and oxygen atoms in total. The van der Waals surface area contributed by atoms with Crippen molar-refractivity contribution in [1.29, 1.82) is 0 Å². The molecule has 1 fully saturated rings. The largest absolute Gasteiger partial charge is 0.377 e. The number of nitrogens with zero attached hydrogens (tertiary/aromatic N) is 2. The fourth-order valence-electron chi connectivity index (χ4n) is 2.05. The van der Waals surface area contributed by atoms with E-state index in [1.165, 1.54) is 6.08 Å². The second-order valence-electron chi connectivity index (χ2n) is 3.87. The van der Waals surface area contributed by atoms with Crippen molar-refractivity contribution in [2.75, 3.05) is 19.8 Å². The van der Waals surface area contributed by atoms with Crippen LogP contribution in [0.25, 0.3) is 0 Å². The maximum Gasteiger partial charge on any atom is 0.246 e. The van der Waals surface area contributed by atoms with E-state index in [2.05, 4.69) is 6.58 Å². The fourth-order valence-corrected chi connectivity index (χ4v) is 2.05. The highest BCUT2D eigenvalue weighted by Gasteiger charge is 2.28. The van der Waals surface area contributed by atoms with Gasteiger partial charge in [-0.25, -0.2) is 0 Å². The van der Waals surface area contributed by atoms with Crippen LogP contribution < -0.4 is 0 Å². The van der Waals surface area contributed by atoms with Gasteiger partial charge in [0, 0.05) is 25.5 Å². The first-order valence-corrected chi connectivity index (χ1v) is 5.36. The summed E-state index contributed by atoms with van der Waals surface area (Å²) in [5, 5.41) is 0. The van der Waals surface area contributed by atoms with Gasteiger partial charge in [0.25, 0.3) is 0 Å². The molecule has 1 saturated heterocycles. The summed E-state index contributed by atoms with van der Waals surface area (Å²) in [7, 11) is 1.97. The molecular weight excluding hydrogens is 204 g/mol. The molecule has 1 atom stereocenters. The van der Waals surface area contributed by atoms with Crippen LogP contribution in [0.3, 0.4) is 0 Å². The van der Waals surface area contributed by atoms with Gasteiger partial charge in [0.05, 0.1) is 19.3 Å². The number of aryl methyl sites for hydroxylation is 1. The third-order valence-corrected chi connectivity index (χ3v) is 2.91. The van der Waals surface area contributed by atoms with Gasteiger partial charge in [-0.05, 0) is 18.2 Å². The maximum absolute atomic E-state index is 11.7. The van der Waals surface area contributed by atoms with Gasteiger partial charge < -0.3 is 14.2 Å². The molecular formula is C12H16N2O2. The molecule has 0 aliphatic carbocycles. The smallest absolute Gasteiger partial charge is 0.246 e. The second-order valence-corrected chi connectivity index (χ2v) is 3.87. The molecule has 16 heavy (non-hydrogen) atoms. The Bertz CT molecular complexity index is 397. The standard InChI is InChI=1S/C12H16N2O2/c1-3-12(15)14-7-8-16-9-11(14)10-5-4-6-13(10)2/h3-6,11H,1,7-9H2,2H3/t11-/m1/s1. The highest BCUT2D eigenvalue weighted by Crippen LogP contribution is 2.24. The third kappa shape index (κ3) is 1.88. The minimum atomic E-state index is -0.0329. The summed E-state index contributed by atoms with van der Waals surface area (Å²) in [6.45, 7) is 5.31. The Balaban J connectivity index is 2.26. The zero-order chi connectivity index (χ0) is 11.5. The Morgan fingerprint density at radius 3 is 3.12 bits per heavy atom. The van der Waals surface area contributed by atoms with E-state index < -0.39 is 0 Å². The molecule has 0 spiro atoms. The second kappa shape index (κ2) is 4.53. The van der Waals surface area contributed by atoms with Gasteiger partial charge >= 0.3 is 0 Å². The summed E-state index contributed by atoms with van der Waals surface area (Å²) in [6.07, 6.45) is 3.34. The van der Waals surface area contributed by atoms with Gasteiger partial charge in [-0.15, -0.1) is 0 Å². The Morgan fingerprint density at radius 1 is 1.69 bits per heavy atom. The summed E-state index contributed by atoms with van der Waals surface area (Å²) in [5.41, 5.74) is 1.09. The van der Waals surface area contributed by atoms with Crippen molar-refractivity contribution >= 4 is 5.91 Å². The van der Waals surface area contributed by atoms with E-state index in [-0.39, 0.29) is 11.9 Å². The van der Waals surface area contributed by atoms with Crippen molar-refractivity contribution in [3.05, 3.63) is 36.7 Å². The van der Waals surface area contributed by atoms with Crippen LogP contribution in [0.2, 0.25) is 0 Å². The van der Waals surface area contributed by atoms with E-state index in [1.54, 1.807) is 0 Å². The minimum Gasteiger partial charge on any atom is -0.377 e. The summed E-state index contributed by atoms with van der Waals surface area (Å²) in [4.78, 5) is 13.5. The quantitative estimate of drug-likeness (QED) is 0.700. The number of hydrogen-bond acceptors (Lipinski definition) is 2. The highest BCUT2D eigenvalue weighted by atomic mass is 16.5. The van der Waals surface area contributed by atoms with Crippen molar-refractivity contribution in [3.63, 3.8) is 0 Å². The molecule has 2 rings (SSSR count). The molecule has 1 aliphatic heterocycles. The molecule has 4 heteroatoms. The maximum atomic E-state index is 11.7. The molecule has 1 aromatic heterocycles. The fraction of sp³-hybridized carbons (Fsp3) is 0.417. The van der Waals surface area contributed by atoms with Crippen molar-refractivity contribution in [3.8, 4) is 0 Å². The number of hydrogen-bond donors (Lipinski definition) is 0. The Labute approximate surface area is 95.1 Å². The zero-order valence-corrected chi connectivity index (χ0v) is 9.43. The lowest BCUT2D eigenvalue weighted by Gasteiger charge is -2.35. The first-order chi connectivity index (χ1) is 7.74. The van der Waals surface area contributed by atoms with Crippen LogP contribution in [-0.4, -0.2) is 35.1 Å². The molecule has 0 bridgehead atoms. The molecule has 0 radical (unpaired) electrons. The first kappa shape index (κ1) is 11.0. The summed E-state index contributed by atoms with van der Waals surface area (Å²) >= 11 is 0. The lowest BCUT2D eigenvalue weighted by atomic mass is 10.1. The average Bonchev–Trinajstić information content (AvgIpc) is 2.74. The lowest BCUT2D eigenvalue weighted by molar-refractivity contribution is -0.135. The zero-order valence-electron chi connectivity index (χ0n) is 9.43. The Morgan fingerprint density at radius 2 is 2.50 bits per heavy atom. The van der Waals surface area contributed by atoms with Gasteiger partial charge in [0.15, 0.2) is 0 Å². The topological polar surface area (TPSA) is 34.5 Å². The molecule has 0 unspecified atom stereocenters. The summed E-state index contributed by atoms with van der Waals surface area (Å²) in [6, 6.07) is 3.99. The highest BCUT2D eigenvalue weighted by molar-refractivity contribution is 5.87. The predicted octanol–water partition coefficient (Wildman–Crippen LogP) is 1.11. The van der Waals surface area contributed by atoms with E-state index in [1.807, 2.05) is 34.8 Å². The van der Waals surface area contributed by atoms with Crippen molar-refractivity contribution in [2.45, 2.75) is 6.04 Å². The van der Waals surface area contributed by atoms with Gasteiger partial charge in [0.2, 0.25) is 5.91 Å². The van der Waals surface area contributed by atoms with Crippen LogP contribution in [0, 0.1) is 0 Å². The molecule has 0 saturated carbocycles. The Kier molecular flexibility index (Phi) is 3.10. The van der Waals surface area contributed by atoms with Gasteiger partial charge in [-0.2, -0.15) is 0 Å². The van der Waals surface area contributed by atoms with Crippen LogP contribution >= 0.6 is 0 Å². The number of aromatic nitrogens is 1. The van der Waals surface area contributed by atoms with Gasteiger partial charge in [-0.3, -0.25) is 4.79 Å². The van der Waals surface area contributed by atoms with Crippen molar-refractivity contribution in [1.82, 2.24) is 9.47 Å². The van der Waals surface area contributed by atoms with Crippen LogP contribution in [0.4, 0.5) is 0 Å². The number of morpholine rings is 1. The van der Waals surface area contributed by atoms with E-state index in [0.717, 1.165) is 5.69 Å². The monoisotopic (exact) mass is 220 g/mol. The number of ether oxygens (including phenoxy) is 1. The lowest BCUT2D eigenvalue weighted by Crippen LogP contribution is -2.43. The average molecular weight is 220 g/mol. The van der Waals surface area contributed by atoms with Crippen LogP contribution in [0.5, 0.6) is 0 Å². The minimum absolute atomic E-state index is 0.000694. The van der Waals surface area contributed by atoms with Crippen molar-refractivity contribution in [2.24, 2.45) is 7.05 Å². The Hall–Kier alpha value is -1.55. The molecule has 2 heterocycles. The molecule has 0 N–H and O–H groups in total. The summed E-state index contributed by atoms with van der Waals surface area (Å²) in [5.74, 6) is -0.0329. The molecule has 0 aromatic carbocycles. The molecule has 1 aromatic rings. The number of carbonyl (C=O) groups is 1. The number of amides is 1. The normalized spacial score (nSPS) is 20.8. The van der Waals surface area contributed by atoms with Crippen molar-refractivity contribution < 1.29 is 9.53 Å². The molecule has 1 aliphatic rings. The van der Waals surface area contributed by atoms with Crippen LogP contribution in [0.1, 0.15) is 11.7 Å². The third-order valence-electron chi connectivity index (χ3n) is 2.91. The number of rotatable bonds is 2. The number of carbonyl (C=O) groups excluding carboxylic acids is 1. The van der Waals surface area contributed by atoms with E-state index in [0.29, 0.717) is 19.8 Å². The van der Waals surface area contributed by atoms with E-state index >= 15 is 0 Å². The van der Waals surface area contributed by atoms with Gasteiger partial charge in [-0.1, -0.05) is 6.58 Å². The molecule has 86 valence electrons. The van der Waals surface area contributed by atoms with E-state index in [4.69, 9.17) is 4.74 Å². The van der Waals surface area contributed by atoms with Crippen LogP contribution in [0.15, 0.2) is 31.0 Å². The van der Waals surface area contributed by atoms with Crippen LogP contribution in [-0.2, 0) is 16.6 Å². The predicted molar refractivity (Wildman–Crippen MR) is 60.9 cm³/mol.